The van der Waals surface area contributed by atoms with Gasteiger partial charge in [-0.25, -0.2) is 14.4 Å². The van der Waals surface area contributed by atoms with E-state index in [0.717, 1.165) is 0 Å². The summed E-state index contributed by atoms with van der Waals surface area (Å²) in [6, 6.07) is 7.69. The lowest BCUT2D eigenvalue weighted by Gasteiger charge is -2.17. The topological polar surface area (TPSA) is 94.6 Å². The number of aromatic nitrogens is 2. The number of nitrogens with zero attached hydrogens (tertiary/aromatic N) is 2. The molecule has 0 amide bonds. The molecule has 2 aromatic carbocycles. The predicted molar refractivity (Wildman–Crippen MR) is 121 cm³/mol. The Bertz CT molecular complexity index is 1130. The third kappa shape index (κ3) is 4.79. The fourth-order valence-corrected chi connectivity index (χ4v) is 3.61. The summed E-state index contributed by atoms with van der Waals surface area (Å²) in [5.74, 6) is 0.409. The number of hydrogen-bond acceptors (Lipinski definition) is 8. The number of methoxy groups -OCH3 is 2. The van der Waals surface area contributed by atoms with Crippen LogP contribution >= 0.6 is 24.0 Å². The molecule has 0 bridgehead atoms. The van der Waals surface area contributed by atoms with E-state index in [1.165, 1.54) is 26.6 Å². The number of rotatable bonds is 6. The molecule has 4 rings (SSSR count). The Morgan fingerprint density at radius 2 is 2.06 bits per heavy atom. The normalized spacial score (nSPS) is 17.5. The minimum atomic E-state index is -0.577. The lowest BCUT2D eigenvalue weighted by Crippen LogP contribution is -2.31. The van der Waals surface area contributed by atoms with Crippen LogP contribution in [0.25, 0.3) is 10.9 Å². The molecule has 32 heavy (non-hydrogen) atoms. The Hall–Kier alpha value is -2.88. The van der Waals surface area contributed by atoms with Crippen LogP contribution in [-0.4, -0.2) is 48.8 Å². The Morgan fingerprint density at radius 3 is 2.81 bits per heavy atom. The first-order valence-electron chi connectivity index (χ1n) is 9.51. The van der Waals surface area contributed by atoms with Gasteiger partial charge in [0.15, 0.2) is 17.3 Å². The van der Waals surface area contributed by atoms with Crippen molar-refractivity contribution in [2.24, 2.45) is 0 Å². The molecule has 0 radical (unpaired) electrons. The van der Waals surface area contributed by atoms with Crippen LogP contribution in [0.1, 0.15) is 6.42 Å². The maximum absolute atomic E-state index is 14.4. The highest BCUT2D eigenvalue weighted by Gasteiger charge is 2.32. The monoisotopic (exact) mass is 482 g/mol. The summed E-state index contributed by atoms with van der Waals surface area (Å²) in [5, 5.41) is 6.65. The third-order valence-electron chi connectivity index (χ3n) is 5.00. The van der Waals surface area contributed by atoms with E-state index < -0.39 is 11.9 Å². The summed E-state index contributed by atoms with van der Waals surface area (Å²) in [5.41, 5.74) is 0.771. The van der Waals surface area contributed by atoms with Crippen LogP contribution in [0.4, 0.5) is 15.9 Å². The van der Waals surface area contributed by atoms with Crippen molar-refractivity contribution in [3.05, 3.63) is 47.5 Å². The van der Waals surface area contributed by atoms with Crippen molar-refractivity contribution in [1.29, 1.82) is 0 Å². The summed E-state index contributed by atoms with van der Waals surface area (Å²) >= 11 is 5.88. The summed E-state index contributed by atoms with van der Waals surface area (Å²) in [6.07, 6.45) is 1.56. The van der Waals surface area contributed by atoms with Gasteiger partial charge in [0.25, 0.3) is 0 Å². The lowest BCUT2D eigenvalue weighted by atomic mass is 10.1. The standard InChI is InChI=1S/C21H20ClFN4O4.ClH/c1-29-17-8-15-12(7-18(17)31-11-6-16(24-9-11)21(28)30-2)20(26-10-25-15)27-14-5-3-4-13(22)19(14)23;/h3-5,7-8,10-11,16,24H,6,9H2,1-2H3,(H,25,26,27);1H/t11-,16+;/m0./s1. The predicted octanol–water partition coefficient (Wildman–Crippen LogP) is 3.88. The van der Waals surface area contributed by atoms with E-state index in [-0.39, 0.29) is 35.2 Å². The van der Waals surface area contributed by atoms with Gasteiger partial charge in [0.1, 0.15) is 24.3 Å². The zero-order valence-corrected chi connectivity index (χ0v) is 18.8. The van der Waals surface area contributed by atoms with Crippen molar-refractivity contribution in [2.75, 3.05) is 26.1 Å². The minimum Gasteiger partial charge on any atom is -0.493 e. The highest BCUT2D eigenvalue weighted by atomic mass is 35.5. The molecule has 3 aromatic rings. The van der Waals surface area contributed by atoms with Gasteiger partial charge < -0.3 is 24.8 Å². The first-order chi connectivity index (χ1) is 15.0. The van der Waals surface area contributed by atoms with Crippen molar-refractivity contribution in [1.82, 2.24) is 15.3 Å². The highest BCUT2D eigenvalue weighted by molar-refractivity contribution is 6.31. The average Bonchev–Trinajstić information content (AvgIpc) is 3.25. The zero-order valence-electron chi connectivity index (χ0n) is 17.2. The van der Waals surface area contributed by atoms with Gasteiger partial charge in [0.2, 0.25) is 0 Å². The van der Waals surface area contributed by atoms with Gasteiger partial charge in [-0.3, -0.25) is 4.79 Å². The van der Waals surface area contributed by atoms with Crippen molar-refractivity contribution in [3.63, 3.8) is 0 Å². The molecule has 1 aliphatic rings. The fraction of sp³-hybridized carbons (Fsp3) is 0.286. The van der Waals surface area contributed by atoms with E-state index in [9.17, 15) is 9.18 Å². The number of nitrogens with one attached hydrogen (secondary N) is 2. The van der Waals surface area contributed by atoms with Gasteiger partial charge in [-0.05, 0) is 18.2 Å². The molecule has 8 nitrogen and oxygen atoms in total. The molecule has 170 valence electrons. The summed E-state index contributed by atoms with van der Waals surface area (Å²) < 4.78 is 30.7. The number of benzene rings is 2. The first-order valence-corrected chi connectivity index (χ1v) is 9.89. The van der Waals surface area contributed by atoms with Crippen LogP contribution in [0.3, 0.4) is 0 Å². The van der Waals surface area contributed by atoms with E-state index >= 15 is 0 Å². The van der Waals surface area contributed by atoms with Crippen LogP contribution in [0, 0.1) is 5.82 Å². The van der Waals surface area contributed by atoms with E-state index in [4.69, 9.17) is 25.8 Å². The summed E-state index contributed by atoms with van der Waals surface area (Å²) in [4.78, 5) is 20.3. The van der Waals surface area contributed by atoms with Gasteiger partial charge in [0, 0.05) is 24.4 Å². The molecule has 2 atom stereocenters. The van der Waals surface area contributed by atoms with Crippen molar-refractivity contribution >= 4 is 52.4 Å². The molecule has 0 saturated carbocycles. The SMILES string of the molecule is COC(=O)[C@H]1C[C@H](Oc2cc3c(Nc4cccc(Cl)c4F)ncnc3cc2OC)CN1.Cl. The molecule has 0 unspecified atom stereocenters. The second-order valence-corrected chi connectivity index (χ2v) is 7.34. The van der Waals surface area contributed by atoms with Gasteiger partial charge >= 0.3 is 5.97 Å². The molecule has 1 aliphatic heterocycles. The Morgan fingerprint density at radius 1 is 1.25 bits per heavy atom. The van der Waals surface area contributed by atoms with E-state index in [0.29, 0.717) is 41.2 Å². The Labute approximate surface area is 194 Å². The molecule has 1 saturated heterocycles. The van der Waals surface area contributed by atoms with Crippen molar-refractivity contribution in [3.8, 4) is 11.5 Å². The van der Waals surface area contributed by atoms with E-state index in [1.54, 1.807) is 24.3 Å². The van der Waals surface area contributed by atoms with Crippen LogP contribution in [0.5, 0.6) is 11.5 Å². The minimum absolute atomic E-state index is 0. The quantitative estimate of drug-likeness (QED) is 0.511. The summed E-state index contributed by atoms with van der Waals surface area (Å²) in [7, 11) is 2.88. The molecule has 11 heteroatoms. The number of hydrogen-bond donors (Lipinski definition) is 2. The fourth-order valence-electron chi connectivity index (χ4n) is 3.44. The number of fused-ring (bicyclic) bond motifs is 1. The number of ether oxygens (including phenoxy) is 3. The molecule has 1 aromatic heterocycles. The van der Waals surface area contributed by atoms with E-state index in [1.807, 2.05) is 0 Å². The molecule has 2 heterocycles. The molecule has 2 N–H and O–H groups in total. The second kappa shape index (κ2) is 10.2. The van der Waals surface area contributed by atoms with Gasteiger partial charge in [-0.1, -0.05) is 17.7 Å². The average molecular weight is 483 g/mol. The van der Waals surface area contributed by atoms with Crippen LogP contribution in [0.2, 0.25) is 5.02 Å². The number of anilines is 2. The summed E-state index contributed by atoms with van der Waals surface area (Å²) in [6.45, 7) is 0.477. The maximum atomic E-state index is 14.4. The number of carbonyl (C=O) groups excluding carboxylic acids is 1. The molecular weight excluding hydrogens is 462 g/mol. The molecular formula is C21H21Cl2FN4O4. The number of carbonyl (C=O) groups is 1. The van der Waals surface area contributed by atoms with Gasteiger partial charge in [0.05, 0.1) is 30.4 Å². The maximum Gasteiger partial charge on any atom is 0.323 e. The van der Waals surface area contributed by atoms with Crippen LogP contribution in [-0.2, 0) is 9.53 Å². The Kier molecular flexibility index (Phi) is 7.55. The molecule has 0 spiro atoms. The first kappa shape index (κ1) is 23.8. The lowest BCUT2D eigenvalue weighted by molar-refractivity contribution is -0.142. The second-order valence-electron chi connectivity index (χ2n) is 6.93. The number of halogens is 3. The number of esters is 1. The van der Waals surface area contributed by atoms with Gasteiger partial charge in [-0.2, -0.15) is 0 Å². The van der Waals surface area contributed by atoms with Crippen LogP contribution in [0.15, 0.2) is 36.7 Å². The van der Waals surface area contributed by atoms with Crippen LogP contribution < -0.4 is 20.1 Å². The molecule has 0 aliphatic carbocycles. The zero-order chi connectivity index (χ0) is 22.0. The highest BCUT2D eigenvalue weighted by Crippen LogP contribution is 2.36. The smallest absolute Gasteiger partial charge is 0.323 e. The van der Waals surface area contributed by atoms with E-state index in [2.05, 4.69) is 20.6 Å². The third-order valence-corrected chi connectivity index (χ3v) is 5.29. The Balaban J connectivity index is 0.00000289. The van der Waals surface area contributed by atoms with Gasteiger partial charge in [-0.15, -0.1) is 12.4 Å². The molecule has 1 fully saturated rings. The van der Waals surface area contributed by atoms with Crippen molar-refractivity contribution in [2.45, 2.75) is 18.6 Å². The largest absolute Gasteiger partial charge is 0.493 e. The van der Waals surface area contributed by atoms with Crippen molar-refractivity contribution < 1.29 is 23.4 Å².